The zero-order chi connectivity index (χ0) is 23.5. The lowest BCUT2D eigenvalue weighted by Gasteiger charge is -2.63. The van der Waals surface area contributed by atoms with Gasteiger partial charge in [-0.15, -0.1) is 0 Å². The summed E-state index contributed by atoms with van der Waals surface area (Å²) in [6.07, 6.45) is 13.1. The fourth-order valence-electron chi connectivity index (χ4n) is 9.40. The highest BCUT2D eigenvalue weighted by atomic mass is 16.5. The molecule has 0 spiro atoms. The summed E-state index contributed by atoms with van der Waals surface area (Å²) in [6, 6.07) is 7.68. The van der Waals surface area contributed by atoms with Gasteiger partial charge >= 0.3 is 0 Å². The number of nitrogens with zero attached hydrogens (tertiary/aromatic N) is 1. The Labute approximate surface area is 204 Å². The van der Waals surface area contributed by atoms with Crippen LogP contribution < -0.4 is 4.74 Å². The van der Waals surface area contributed by atoms with Crippen molar-refractivity contribution in [3.63, 3.8) is 0 Å². The topological polar surface area (TPSA) is 52.3 Å². The molecule has 0 radical (unpaired) electrons. The highest BCUT2D eigenvalue weighted by Gasteiger charge is 2.59. The third-order valence-electron chi connectivity index (χ3n) is 11.3. The molecular formula is C30H41NO3. The van der Waals surface area contributed by atoms with E-state index in [2.05, 4.69) is 25.9 Å². The minimum atomic E-state index is 0.106. The quantitative estimate of drug-likeness (QED) is 0.472. The van der Waals surface area contributed by atoms with Crippen molar-refractivity contribution in [1.82, 2.24) is 5.16 Å². The van der Waals surface area contributed by atoms with Crippen molar-refractivity contribution in [2.75, 3.05) is 6.61 Å². The lowest BCUT2D eigenvalue weighted by molar-refractivity contribution is -0.158. The van der Waals surface area contributed by atoms with Crippen LogP contribution in [0.5, 0.6) is 5.88 Å². The molecule has 0 bridgehead atoms. The first kappa shape index (κ1) is 22.6. The molecule has 4 heteroatoms. The molecule has 1 heterocycles. The highest BCUT2D eigenvalue weighted by Crippen LogP contribution is 2.66. The van der Waals surface area contributed by atoms with Crippen LogP contribution >= 0.6 is 0 Å². The van der Waals surface area contributed by atoms with E-state index in [9.17, 15) is 4.79 Å². The Balaban J connectivity index is 1.19. The van der Waals surface area contributed by atoms with Crippen molar-refractivity contribution in [2.45, 2.75) is 85.0 Å². The average molecular weight is 464 g/mol. The van der Waals surface area contributed by atoms with Crippen LogP contribution in [0.4, 0.5) is 0 Å². The lowest BCUT2D eigenvalue weighted by atomic mass is 9.41. The van der Waals surface area contributed by atoms with Crippen molar-refractivity contribution in [2.24, 2.45) is 46.3 Å². The molecule has 8 atom stereocenters. The van der Waals surface area contributed by atoms with Gasteiger partial charge in [0, 0.05) is 5.92 Å². The van der Waals surface area contributed by atoms with E-state index < -0.39 is 0 Å². The van der Waals surface area contributed by atoms with Gasteiger partial charge in [-0.1, -0.05) is 45.7 Å². The number of ketones is 1. The number of hydrogen-bond acceptors (Lipinski definition) is 4. The number of hydrogen-bond donors (Lipinski definition) is 0. The predicted octanol–water partition coefficient (Wildman–Crippen LogP) is 7.46. The van der Waals surface area contributed by atoms with E-state index in [1.165, 1.54) is 57.8 Å². The van der Waals surface area contributed by atoms with Gasteiger partial charge < -0.3 is 9.26 Å². The zero-order valence-electron chi connectivity index (χ0n) is 21.2. The number of benzene rings is 1. The van der Waals surface area contributed by atoms with Crippen molar-refractivity contribution in [3.8, 4) is 5.88 Å². The fraction of sp³-hybridized carbons (Fsp3) is 0.733. The zero-order valence-corrected chi connectivity index (χ0v) is 21.2. The minimum Gasteiger partial charge on any atom is -0.467 e. The first-order chi connectivity index (χ1) is 16.4. The Bertz CT molecular complexity index is 1060. The maximum atomic E-state index is 13.6. The molecule has 3 unspecified atom stereocenters. The van der Waals surface area contributed by atoms with E-state index in [0.29, 0.717) is 22.8 Å². The van der Waals surface area contributed by atoms with Crippen LogP contribution in [0.2, 0.25) is 0 Å². The second-order valence-corrected chi connectivity index (χ2v) is 12.8. The molecule has 4 saturated carbocycles. The molecule has 1 aromatic carbocycles. The highest BCUT2D eigenvalue weighted by molar-refractivity contribution is 5.85. The van der Waals surface area contributed by atoms with Crippen LogP contribution in [-0.2, 0) is 4.79 Å². The first-order valence-corrected chi connectivity index (χ1v) is 13.9. The fourth-order valence-corrected chi connectivity index (χ4v) is 9.40. The number of ether oxygens (including phenoxy) is 1. The number of para-hydroxylation sites is 1. The summed E-state index contributed by atoms with van der Waals surface area (Å²) in [5.74, 6) is 5.02. The smallest absolute Gasteiger partial charge is 0.262 e. The molecule has 0 N–H and O–H groups in total. The summed E-state index contributed by atoms with van der Waals surface area (Å²) in [4.78, 5) is 13.6. The van der Waals surface area contributed by atoms with Gasteiger partial charge in [-0.05, 0) is 109 Å². The van der Waals surface area contributed by atoms with Gasteiger partial charge in [0.15, 0.2) is 11.4 Å². The maximum absolute atomic E-state index is 13.6. The molecule has 4 aliphatic rings. The summed E-state index contributed by atoms with van der Waals surface area (Å²) in [5, 5.41) is 4.91. The molecule has 0 saturated heterocycles. The van der Waals surface area contributed by atoms with E-state index in [0.717, 1.165) is 35.5 Å². The van der Waals surface area contributed by atoms with Crippen molar-refractivity contribution < 1.29 is 14.1 Å². The summed E-state index contributed by atoms with van der Waals surface area (Å²) in [6.45, 7) is 7.67. The van der Waals surface area contributed by atoms with E-state index in [-0.39, 0.29) is 23.7 Å². The van der Waals surface area contributed by atoms with E-state index >= 15 is 0 Å². The summed E-state index contributed by atoms with van der Waals surface area (Å²) >= 11 is 0. The standard InChI is InChI=1S/C30H41NO3/c1-19-13-15-29(2)20(17-19)11-12-21-23-8-6-9-25(30(23,3)16-14-24(21)29)26(32)18-33-28-22-7-4-5-10-27(22)34-31-28/h4-5,7,10,19-21,23-25H,6,8-9,11-18H2,1-3H3/t19-,20?,21-,23?,24?,25+,29-,30-/m0/s1. The Morgan fingerprint density at radius 1 is 1.03 bits per heavy atom. The molecular weight excluding hydrogens is 422 g/mol. The largest absolute Gasteiger partial charge is 0.467 e. The van der Waals surface area contributed by atoms with Crippen molar-refractivity contribution in [1.29, 1.82) is 0 Å². The molecule has 4 nitrogen and oxygen atoms in total. The van der Waals surface area contributed by atoms with Crippen LogP contribution in [0.3, 0.4) is 0 Å². The maximum Gasteiger partial charge on any atom is 0.262 e. The third kappa shape index (κ3) is 3.45. The third-order valence-corrected chi connectivity index (χ3v) is 11.3. The normalized spacial score (nSPS) is 41.9. The second-order valence-electron chi connectivity index (χ2n) is 12.8. The SMILES string of the molecule is C[C@H]1CC[C@@]2(C)C(CC[C@@H]3C2CC[C@@]2(C)C3CCC[C@@H]2C(=O)COc2noc3ccccc23)C1. The number of fused-ring (bicyclic) bond motifs is 6. The Kier molecular flexibility index (Phi) is 5.57. The number of rotatable bonds is 4. The van der Waals surface area contributed by atoms with Gasteiger partial charge in [-0.25, -0.2) is 0 Å². The first-order valence-electron chi connectivity index (χ1n) is 13.9. The van der Waals surface area contributed by atoms with Gasteiger partial charge in [0.25, 0.3) is 5.88 Å². The lowest BCUT2D eigenvalue weighted by Crippen LogP contribution is -2.57. The van der Waals surface area contributed by atoms with Gasteiger partial charge in [-0.2, -0.15) is 0 Å². The monoisotopic (exact) mass is 463 g/mol. The molecule has 6 rings (SSSR count). The van der Waals surface area contributed by atoms with Crippen molar-refractivity contribution in [3.05, 3.63) is 24.3 Å². The predicted molar refractivity (Wildman–Crippen MR) is 134 cm³/mol. The van der Waals surface area contributed by atoms with Crippen LogP contribution in [-0.4, -0.2) is 17.5 Å². The molecule has 4 aliphatic carbocycles. The van der Waals surface area contributed by atoms with E-state index in [1.54, 1.807) is 0 Å². The van der Waals surface area contributed by atoms with Crippen LogP contribution in [0.15, 0.2) is 28.8 Å². The second kappa shape index (κ2) is 8.38. The molecule has 0 aliphatic heterocycles. The molecule has 4 fully saturated rings. The number of carbonyl (C=O) groups excluding carboxylic acids is 1. The Hall–Kier alpha value is -1.84. The van der Waals surface area contributed by atoms with Crippen LogP contribution in [0, 0.1) is 46.3 Å². The summed E-state index contributed by atoms with van der Waals surface area (Å²) < 4.78 is 11.3. The number of Topliss-reactive ketones (excluding diaryl/α,β-unsaturated/α-hetero) is 1. The summed E-state index contributed by atoms with van der Waals surface area (Å²) in [5.41, 5.74) is 1.36. The van der Waals surface area contributed by atoms with Crippen molar-refractivity contribution >= 4 is 16.8 Å². The summed E-state index contributed by atoms with van der Waals surface area (Å²) in [7, 11) is 0. The number of aromatic nitrogens is 1. The molecule has 1 aromatic heterocycles. The van der Waals surface area contributed by atoms with E-state index in [1.807, 2.05) is 24.3 Å². The van der Waals surface area contributed by atoms with E-state index in [4.69, 9.17) is 9.26 Å². The number of carbonyl (C=O) groups is 1. The van der Waals surface area contributed by atoms with Gasteiger partial charge in [0.1, 0.15) is 6.61 Å². The molecule has 184 valence electrons. The van der Waals surface area contributed by atoms with Crippen LogP contribution in [0.25, 0.3) is 11.0 Å². The average Bonchev–Trinajstić information content (AvgIpc) is 3.25. The van der Waals surface area contributed by atoms with Crippen LogP contribution in [0.1, 0.15) is 85.0 Å². The van der Waals surface area contributed by atoms with Gasteiger partial charge in [-0.3, -0.25) is 4.79 Å². The van der Waals surface area contributed by atoms with Gasteiger partial charge in [0.05, 0.1) is 5.39 Å². The Morgan fingerprint density at radius 2 is 1.82 bits per heavy atom. The molecule has 34 heavy (non-hydrogen) atoms. The minimum absolute atomic E-state index is 0.106. The van der Waals surface area contributed by atoms with Gasteiger partial charge in [0.2, 0.25) is 0 Å². The molecule has 2 aromatic rings. The molecule has 0 amide bonds. The Morgan fingerprint density at radius 3 is 2.71 bits per heavy atom.